The zero-order valence-corrected chi connectivity index (χ0v) is 13.9. The molecule has 23 heavy (non-hydrogen) atoms. The third kappa shape index (κ3) is 5.31. The number of non-ortho nitro benzene ring substituents is 1. The molecule has 7 nitrogen and oxygen atoms in total. The summed E-state index contributed by atoms with van der Waals surface area (Å²) in [5, 5.41) is 16.9. The van der Waals surface area contributed by atoms with Gasteiger partial charge in [0.05, 0.1) is 17.7 Å². The van der Waals surface area contributed by atoms with Gasteiger partial charge in [0, 0.05) is 29.7 Å². The van der Waals surface area contributed by atoms with E-state index >= 15 is 0 Å². The monoisotopic (exact) mass is 339 g/mol. The lowest BCUT2D eigenvalue weighted by Crippen LogP contribution is -2.31. The second-order valence-electron chi connectivity index (χ2n) is 5.30. The lowest BCUT2D eigenvalue weighted by molar-refractivity contribution is -0.384. The number of nitrogens with zero attached hydrogens (tertiary/aromatic N) is 1. The number of rotatable bonds is 7. The number of nitro groups is 1. The Hall–Kier alpha value is -1.96. The van der Waals surface area contributed by atoms with Crippen LogP contribution in [0.3, 0.4) is 0 Å². The van der Waals surface area contributed by atoms with E-state index in [2.05, 4.69) is 10.6 Å². The molecule has 1 saturated carbocycles. The predicted octanol–water partition coefficient (Wildman–Crippen LogP) is 3.40. The molecule has 2 amide bonds. The largest absolute Gasteiger partial charge is 0.495 e. The van der Waals surface area contributed by atoms with E-state index in [9.17, 15) is 14.9 Å². The van der Waals surface area contributed by atoms with Gasteiger partial charge in [0.25, 0.3) is 5.69 Å². The van der Waals surface area contributed by atoms with E-state index in [1.54, 1.807) is 0 Å². The summed E-state index contributed by atoms with van der Waals surface area (Å²) in [7, 11) is 1.45. The second-order valence-corrected chi connectivity index (χ2v) is 6.71. The number of carbonyl (C=O) groups is 1. The molecule has 0 spiro atoms. The van der Waals surface area contributed by atoms with Gasteiger partial charge in [0.1, 0.15) is 5.75 Å². The number of hydrogen-bond acceptors (Lipinski definition) is 5. The zero-order valence-electron chi connectivity index (χ0n) is 13.0. The molecule has 2 rings (SSSR count). The van der Waals surface area contributed by atoms with Crippen LogP contribution in [0.1, 0.15) is 25.7 Å². The van der Waals surface area contributed by atoms with Crippen LogP contribution in [-0.4, -0.2) is 35.6 Å². The van der Waals surface area contributed by atoms with Crippen LogP contribution in [0.25, 0.3) is 0 Å². The number of nitro benzene ring substituents is 1. The van der Waals surface area contributed by atoms with E-state index in [0.29, 0.717) is 12.3 Å². The Morgan fingerprint density at radius 2 is 2.17 bits per heavy atom. The third-order valence-corrected chi connectivity index (χ3v) is 5.07. The molecule has 0 atom stereocenters. The van der Waals surface area contributed by atoms with E-state index in [1.165, 1.54) is 51.0 Å². The van der Waals surface area contributed by atoms with Crippen molar-refractivity contribution < 1.29 is 14.5 Å². The zero-order chi connectivity index (χ0) is 16.7. The van der Waals surface area contributed by atoms with Crippen molar-refractivity contribution in [3.63, 3.8) is 0 Å². The molecule has 1 aliphatic carbocycles. The molecule has 1 aromatic carbocycles. The van der Waals surface area contributed by atoms with Crippen molar-refractivity contribution in [2.75, 3.05) is 24.7 Å². The van der Waals surface area contributed by atoms with Crippen LogP contribution in [-0.2, 0) is 0 Å². The van der Waals surface area contributed by atoms with Crippen molar-refractivity contribution in [1.82, 2.24) is 5.32 Å². The Balaban J connectivity index is 1.81. The average molecular weight is 339 g/mol. The van der Waals surface area contributed by atoms with Crippen molar-refractivity contribution in [3.8, 4) is 5.75 Å². The summed E-state index contributed by atoms with van der Waals surface area (Å²) >= 11 is 1.89. The lowest BCUT2D eigenvalue weighted by Gasteiger charge is -2.12. The van der Waals surface area contributed by atoms with Gasteiger partial charge in [-0.2, -0.15) is 11.8 Å². The molecule has 2 N–H and O–H groups in total. The minimum Gasteiger partial charge on any atom is -0.495 e. The van der Waals surface area contributed by atoms with Gasteiger partial charge in [-0.25, -0.2) is 4.79 Å². The van der Waals surface area contributed by atoms with Gasteiger partial charge >= 0.3 is 6.03 Å². The molecule has 0 aliphatic heterocycles. The number of nitrogens with one attached hydrogen (secondary N) is 2. The van der Waals surface area contributed by atoms with E-state index < -0.39 is 11.0 Å². The summed E-state index contributed by atoms with van der Waals surface area (Å²) in [6.45, 7) is 0.560. The summed E-state index contributed by atoms with van der Waals surface area (Å²) < 4.78 is 5.10. The highest BCUT2D eigenvalue weighted by atomic mass is 32.2. The molecule has 8 heteroatoms. The van der Waals surface area contributed by atoms with E-state index in [-0.39, 0.29) is 11.4 Å². The van der Waals surface area contributed by atoms with Crippen LogP contribution >= 0.6 is 11.8 Å². The molecule has 0 heterocycles. The van der Waals surface area contributed by atoms with Gasteiger partial charge in [-0.15, -0.1) is 0 Å². The molecule has 0 radical (unpaired) electrons. The molecule has 1 fully saturated rings. The highest BCUT2D eigenvalue weighted by molar-refractivity contribution is 7.99. The molecular formula is C15H21N3O4S. The number of benzene rings is 1. The van der Waals surface area contributed by atoms with E-state index in [4.69, 9.17) is 4.74 Å². The normalized spacial score (nSPS) is 14.5. The van der Waals surface area contributed by atoms with Crippen molar-refractivity contribution in [3.05, 3.63) is 28.3 Å². The first-order valence-corrected chi connectivity index (χ1v) is 8.64. The minimum atomic E-state index is -0.513. The Labute approximate surface area is 139 Å². The first-order valence-electron chi connectivity index (χ1n) is 7.59. The Kier molecular flexibility index (Phi) is 6.52. The maximum Gasteiger partial charge on any atom is 0.319 e. The Morgan fingerprint density at radius 1 is 1.43 bits per heavy atom. The van der Waals surface area contributed by atoms with Gasteiger partial charge in [0.15, 0.2) is 0 Å². The molecular weight excluding hydrogens is 318 g/mol. The third-order valence-electron chi connectivity index (χ3n) is 3.69. The fourth-order valence-corrected chi connectivity index (χ4v) is 3.74. The van der Waals surface area contributed by atoms with E-state index in [1.807, 2.05) is 11.8 Å². The highest BCUT2D eigenvalue weighted by Crippen LogP contribution is 2.29. The van der Waals surface area contributed by atoms with Crippen molar-refractivity contribution in [2.24, 2.45) is 0 Å². The maximum absolute atomic E-state index is 11.9. The summed E-state index contributed by atoms with van der Waals surface area (Å²) in [6.07, 6.45) is 5.14. The van der Waals surface area contributed by atoms with Gasteiger partial charge in [0.2, 0.25) is 0 Å². The fourth-order valence-electron chi connectivity index (χ4n) is 2.52. The molecule has 1 aromatic rings. The summed E-state index contributed by atoms with van der Waals surface area (Å²) in [5.74, 6) is 1.25. The Morgan fingerprint density at radius 3 is 2.83 bits per heavy atom. The smallest absolute Gasteiger partial charge is 0.319 e. The van der Waals surface area contributed by atoms with Crippen LogP contribution in [0.4, 0.5) is 16.2 Å². The highest BCUT2D eigenvalue weighted by Gasteiger charge is 2.15. The van der Waals surface area contributed by atoms with Crippen LogP contribution in [0, 0.1) is 10.1 Å². The fraction of sp³-hybridized carbons (Fsp3) is 0.533. The number of carbonyl (C=O) groups excluding carboxylic acids is 1. The molecule has 0 saturated heterocycles. The van der Waals surface area contributed by atoms with Gasteiger partial charge < -0.3 is 15.4 Å². The molecule has 1 aliphatic rings. The molecule has 0 unspecified atom stereocenters. The average Bonchev–Trinajstić information content (AvgIpc) is 3.04. The number of urea groups is 1. The number of methoxy groups -OCH3 is 1. The summed E-state index contributed by atoms with van der Waals surface area (Å²) in [4.78, 5) is 22.2. The van der Waals surface area contributed by atoms with Gasteiger partial charge in [-0.05, 0) is 18.9 Å². The van der Waals surface area contributed by atoms with Crippen LogP contribution in [0.2, 0.25) is 0 Å². The lowest BCUT2D eigenvalue weighted by atomic mass is 10.2. The van der Waals surface area contributed by atoms with Crippen LogP contribution in [0.15, 0.2) is 18.2 Å². The second kappa shape index (κ2) is 8.61. The Bertz CT molecular complexity index is 562. The SMILES string of the molecule is COc1ccc([N+](=O)[O-])cc1NC(=O)NCCSC1CCCC1. The van der Waals surface area contributed by atoms with Crippen LogP contribution < -0.4 is 15.4 Å². The maximum atomic E-state index is 11.9. The first-order chi connectivity index (χ1) is 11.1. The molecule has 126 valence electrons. The standard InChI is InChI=1S/C15H21N3O4S/c1-22-14-7-6-11(18(20)21)10-13(14)17-15(19)16-8-9-23-12-4-2-3-5-12/h6-7,10,12H,2-5,8-9H2,1H3,(H2,16,17,19). The number of hydrogen-bond donors (Lipinski definition) is 2. The predicted molar refractivity (Wildman–Crippen MR) is 91.4 cm³/mol. The number of ether oxygens (including phenoxy) is 1. The molecule has 0 aromatic heterocycles. The van der Waals surface area contributed by atoms with Gasteiger partial charge in [-0.3, -0.25) is 10.1 Å². The first kappa shape index (κ1) is 17.4. The van der Waals surface area contributed by atoms with Crippen LogP contribution in [0.5, 0.6) is 5.75 Å². The summed E-state index contributed by atoms with van der Waals surface area (Å²) in [6, 6.07) is 3.69. The number of anilines is 1. The minimum absolute atomic E-state index is 0.0992. The molecule has 0 bridgehead atoms. The van der Waals surface area contributed by atoms with E-state index in [0.717, 1.165) is 11.0 Å². The number of amides is 2. The summed E-state index contributed by atoms with van der Waals surface area (Å²) in [5.41, 5.74) is 0.181. The van der Waals surface area contributed by atoms with Gasteiger partial charge in [-0.1, -0.05) is 12.8 Å². The number of thioether (sulfide) groups is 1. The van der Waals surface area contributed by atoms with Crippen molar-refractivity contribution >= 4 is 29.2 Å². The van der Waals surface area contributed by atoms with Crippen molar-refractivity contribution in [1.29, 1.82) is 0 Å². The topological polar surface area (TPSA) is 93.5 Å². The van der Waals surface area contributed by atoms with Crippen molar-refractivity contribution in [2.45, 2.75) is 30.9 Å². The quantitative estimate of drug-likeness (QED) is 0.451.